The first kappa shape index (κ1) is 13.4. The molecule has 0 fully saturated rings. The molecule has 0 aliphatic carbocycles. The number of nitrogens with zero attached hydrogens (tertiary/aromatic N) is 1. The number of amides is 1. The number of carbonyl (C=O) groups excluding carboxylic acids is 1. The van der Waals surface area contributed by atoms with Crippen molar-refractivity contribution < 1.29 is 14.3 Å². The van der Waals surface area contributed by atoms with E-state index in [2.05, 4.69) is 15.6 Å². The van der Waals surface area contributed by atoms with Gasteiger partial charge in [-0.3, -0.25) is 4.79 Å². The van der Waals surface area contributed by atoms with Crippen LogP contribution >= 0.6 is 11.3 Å². The van der Waals surface area contributed by atoms with Crippen molar-refractivity contribution in [2.45, 2.75) is 19.3 Å². The van der Waals surface area contributed by atoms with Crippen LogP contribution in [0.25, 0.3) is 0 Å². The van der Waals surface area contributed by atoms with E-state index in [1.165, 1.54) is 0 Å². The largest absolute Gasteiger partial charge is 0.454 e. The highest BCUT2D eigenvalue weighted by Crippen LogP contribution is 2.44. The molecule has 0 spiro atoms. The highest BCUT2D eigenvalue weighted by atomic mass is 32.1. The van der Waals surface area contributed by atoms with Crippen molar-refractivity contribution >= 4 is 28.2 Å². The van der Waals surface area contributed by atoms with E-state index >= 15 is 0 Å². The second kappa shape index (κ2) is 5.17. The molecule has 1 atom stereocenters. The van der Waals surface area contributed by atoms with Crippen molar-refractivity contribution in [1.29, 1.82) is 0 Å². The first-order valence-electron chi connectivity index (χ1n) is 7.18. The molecule has 0 saturated heterocycles. The van der Waals surface area contributed by atoms with Crippen LogP contribution in [-0.2, 0) is 4.79 Å². The molecule has 0 bridgehead atoms. The van der Waals surface area contributed by atoms with E-state index in [1.807, 2.05) is 25.1 Å². The molecule has 2 N–H and O–H groups in total. The Balaban J connectivity index is 1.74. The molecule has 4 rings (SSSR count). The Morgan fingerprint density at radius 1 is 1.41 bits per heavy atom. The Hall–Kier alpha value is -2.28. The number of carbonyl (C=O) groups is 1. The molecule has 22 heavy (non-hydrogen) atoms. The summed E-state index contributed by atoms with van der Waals surface area (Å²) in [6.07, 6.45) is 0.417. The van der Waals surface area contributed by atoms with Crippen molar-refractivity contribution in [3.8, 4) is 11.5 Å². The lowest BCUT2D eigenvalue weighted by Crippen LogP contribution is -2.22. The van der Waals surface area contributed by atoms with Crippen LogP contribution in [0.3, 0.4) is 0 Å². The lowest BCUT2D eigenvalue weighted by Gasteiger charge is -2.21. The Morgan fingerprint density at radius 3 is 3.14 bits per heavy atom. The van der Waals surface area contributed by atoms with Crippen LogP contribution in [0.1, 0.15) is 29.7 Å². The normalized spacial score (nSPS) is 18.8. The van der Waals surface area contributed by atoms with Crippen molar-refractivity contribution in [2.24, 2.45) is 0 Å². The van der Waals surface area contributed by atoms with Gasteiger partial charge in [0, 0.05) is 18.9 Å². The molecule has 2 aliphatic rings. The maximum absolute atomic E-state index is 12.0. The van der Waals surface area contributed by atoms with E-state index < -0.39 is 0 Å². The molecule has 1 aromatic heterocycles. The van der Waals surface area contributed by atoms with Gasteiger partial charge in [0.2, 0.25) is 12.7 Å². The second-order valence-corrected chi connectivity index (χ2v) is 6.21. The molecular formula is C15H15N3O3S. The fourth-order valence-electron chi connectivity index (χ4n) is 2.74. The lowest BCUT2D eigenvalue weighted by molar-refractivity contribution is -0.116. The molecule has 0 unspecified atom stereocenters. The number of nitrogens with one attached hydrogen (secondary N) is 2. The van der Waals surface area contributed by atoms with Crippen molar-refractivity contribution in [3.63, 3.8) is 0 Å². The summed E-state index contributed by atoms with van der Waals surface area (Å²) in [7, 11) is 0. The molecule has 0 saturated carbocycles. The van der Waals surface area contributed by atoms with Gasteiger partial charge in [-0.15, -0.1) is 0 Å². The molecule has 0 radical (unpaired) electrons. The number of benzene rings is 1. The summed E-state index contributed by atoms with van der Waals surface area (Å²) in [5, 5.41) is 6.89. The quantitative estimate of drug-likeness (QED) is 0.911. The number of ether oxygens (including phenoxy) is 2. The summed E-state index contributed by atoms with van der Waals surface area (Å²) in [5.41, 5.74) is 1.05. The molecule has 2 aliphatic heterocycles. The van der Waals surface area contributed by atoms with Gasteiger partial charge in [0.1, 0.15) is 5.82 Å². The number of hydrogen-bond acceptors (Lipinski definition) is 6. The number of anilines is 2. The van der Waals surface area contributed by atoms with Crippen molar-refractivity contribution in [3.05, 3.63) is 28.6 Å². The standard InChI is InChI=1S/C15H15N3O3S/c1-2-16-15-18-14-13(22-15)9(6-12(19)17-14)8-3-4-10-11(5-8)21-7-20-10/h3-5,9H,2,6-7H2,1H3,(H,16,18)(H,17,19)/t9-/m0/s1. The summed E-state index contributed by atoms with van der Waals surface area (Å²) in [6, 6.07) is 5.85. The number of fused-ring (bicyclic) bond motifs is 2. The monoisotopic (exact) mass is 317 g/mol. The molecule has 1 amide bonds. The predicted molar refractivity (Wildman–Crippen MR) is 83.9 cm³/mol. The third kappa shape index (κ3) is 2.18. The van der Waals surface area contributed by atoms with E-state index in [9.17, 15) is 4.79 Å². The summed E-state index contributed by atoms with van der Waals surface area (Å²) >= 11 is 1.59. The third-order valence-corrected chi connectivity index (χ3v) is 4.87. The zero-order valence-electron chi connectivity index (χ0n) is 12.0. The molecule has 7 heteroatoms. The van der Waals surface area contributed by atoms with Gasteiger partial charge in [-0.1, -0.05) is 17.4 Å². The van der Waals surface area contributed by atoms with E-state index in [4.69, 9.17) is 9.47 Å². The maximum Gasteiger partial charge on any atom is 0.231 e. The SMILES string of the molecule is CCNc1nc2c(s1)[C@H](c1ccc3c(c1)OCO3)CC(=O)N2. The first-order valence-corrected chi connectivity index (χ1v) is 8.00. The maximum atomic E-state index is 12.0. The minimum Gasteiger partial charge on any atom is -0.454 e. The van der Waals surface area contributed by atoms with E-state index in [0.717, 1.165) is 33.6 Å². The molecule has 114 valence electrons. The Morgan fingerprint density at radius 2 is 2.27 bits per heavy atom. The van der Waals surface area contributed by atoms with Gasteiger partial charge in [-0.05, 0) is 24.6 Å². The number of thiazole rings is 1. The zero-order chi connectivity index (χ0) is 15.1. The van der Waals surface area contributed by atoms with Crippen LogP contribution in [0, 0.1) is 0 Å². The van der Waals surface area contributed by atoms with Gasteiger partial charge >= 0.3 is 0 Å². The van der Waals surface area contributed by atoms with Gasteiger partial charge < -0.3 is 20.1 Å². The van der Waals surface area contributed by atoms with Crippen LogP contribution in [0.4, 0.5) is 10.9 Å². The van der Waals surface area contributed by atoms with Crippen LogP contribution < -0.4 is 20.1 Å². The average molecular weight is 317 g/mol. The second-order valence-electron chi connectivity index (χ2n) is 5.18. The molecule has 2 aromatic rings. The summed E-state index contributed by atoms with van der Waals surface area (Å²) in [4.78, 5) is 17.5. The van der Waals surface area contributed by atoms with Crippen molar-refractivity contribution in [1.82, 2.24) is 4.98 Å². The number of hydrogen-bond donors (Lipinski definition) is 2. The first-order chi connectivity index (χ1) is 10.7. The minimum atomic E-state index is -0.0106. The van der Waals surface area contributed by atoms with Gasteiger partial charge in [-0.25, -0.2) is 4.98 Å². The topological polar surface area (TPSA) is 72.5 Å². The minimum absolute atomic E-state index is 0.00292. The summed E-state index contributed by atoms with van der Waals surface area (Å²) < 4.78 is 10.8. The lowest BCUT2D eigenvalue weighted by atomic mass is 9.91. The fourth-order valence-corrected chi connectivity index (χ4v) is 3.86. The Bertz CT molecular complexity index is 744. The summed E-state index contributed by atoms with van der Waals surface area (Å²) in [6.45, 7) is 3.07. The summed E-state index contributed by atoms with van der Waals surface area (Å²) in [5.74, 6) is 2.15. The van der Waals surface area contributed by atoms with E-state index in [1.54, 1.807) is 11.3 Å². The molecule has 6 nitrogen and oxygen atoms in total. The van der Waals surface area contributed by atoms with Crippen molar-refractivity contribution in [2.75, 3.05) is 24.0 Å². The van der Waals surface area contributed by atoms with Gasteiger partial charge in [0.15, 0.2) is 16.6 Å². The van der Waals surface area contributed by atoms with Crippen LogP contribution in [-0.4, -0.2) is 24.2 Å². The zero-order valence-corrected chi connectivity index (χ0v) is 12.8. The predicted octanol–water partition coefficient (Wildman–Crippen LogP) is 2.78. The fraction of sp³-hybridized carbons (Fsp3) is 0.333. The molecule has 3 heterocycles. The number of rotatable bonds is 3. The molecular weight excluding hydrogens is 302 g/mol. The Labute approximate surface area is 131 Å². The highest BCUT2D eigenvalue weighted by Gasteiger charge is 2.31. The van der Waals surface area contributed by atoms with Gasteiger partial charge in [-0.2, -0.15) is 0 Å². The van der Waals surface area contributed by atoms with Crippen LogP contribution in [0.15, 0.2) is 18.2 Å². The third-order valence-electron chi connectivity index (χ3n) is 3.74. The smallest absolute Gasteiger partial charge is 0.231 e. The molecule has 1 aromatic carbocycles. The highest BCUT2D eigenvalue weighted by molar-refractivity contribution is 7.16. The van der Waals surface area contributed by atoms with Crippen LogP contribution in [0.2, 0.25) is 0 Å². The van der Waals surface area contributed by atoms with E-state index in [-0.39, 0.29) is 18.6 Å². The van der Waals surface area contributed by atoms with E-state index in [0.29, 0.717) is 12.2 Å². The number of aromatic nitrogens is 1. The van der Waals surface area contributed by atoms with Gasteiger partial charge in [0.05, 0.1) is 4.88 Å². The Kier molecular flexibility index (Phi) is 3.15. The van der Waals surface area contributed by atoms with Crippen LogP contribution in [0.5, 0.6) is 11.5 Å². The average Bonchev–Trinajstić information content (AvgIpc) is 3.11. The van der Waals surface area contributed by atoms with Gasteiger partial charge in [0.25, 0.3) is 0 Å².